The minimum atomic E-state index is -0.289. The number of hydrogen-bond donors (Lipinski definition) is 1. The minimum absolute atomic E-state index is 0.136. The van der Waals surface area contributed by atoms with Crippen molar-refractivity contribution in [2.24, 2.45) is 0 Å². The normalized spacial score (nSPS) is 19.4. The van der Waals surface area contributed by atoms with Gasteiger partial charge in [-0.1, -0.05) is 43.2 Å². The summed E-state index contributed by atoms with van der Waals surface area (Å²) in [6.07, 6.45) is 10.1. The summed E-state index contributed by atoms with van der Waals surface area (Å²) in [6.45, 7) is 0.545. The standard InChI is InChI=1S/C24H27N5OS/c25-22-18(16-29(24(30)27-22)21-13-7-15-31-21)10-6-14-28-20-12-5-4-11-19(20)26-23(28)17-8-2-1-3-9-17/h4-5,11-12,16-17,21H,1-3,7-9,13-15H2,(H2,25,27,30)/t21-/m1/s1. The Kier molecular flexibility index (Phi) is 5.73. The van der Waals surface area contributed by atoms with Crippen LogP contribution >= 0.6 is 11.8 Å². The molecule has 31 heavy (non-hydrogen) atoms. The van der Waals surface area contributed by atoms with Crippen molar-refractivity contribution in [1.29, 1.82) is 0 Å². The van der Waals surface area contributed by atoms with Crippen LogP contribution in [0.3, 0.4) is 0 Å². The highest BCUT2D eigenvalue weighted by Crippen LogP contribution is 2.35. The van der Waals surface area contributed by atoms with E-state index in [9.17, 15) is 4.79 Å². The van der Waals surface area contributed by atoms with Crippen LogP contribution < -0.4 is 11.4 Å². The van der Waals surface area contributed by atoms with E-state index in [0.29, 0.717) is 18.0 Å². The molecule has 0 radical (unpaired) electrons. The molecule has 1 aliphatic heterocycles. The van der Waals surface area contributed by atoms with Crippen molar-refractivity contribution in [3.8, 4) is 11.8 Å². The summed E-state index contributed by atoms with van der Waals surface area (Å²) in [4.78, 5) is 21.3. The van der Waals surface area contributed by atoms with Crippen LogP contribution in [0, 0.1) is 11.8 Å². The van der Waals surface area contributed by atoms with E-state index in [1.807, 2.05) is 6.07 Å². The van der Waals surface area contributed by atoms with Crippen molar-refractivity contribution in [3.63, 3.8) is 0 Å². The smallest absolute Gasteiger partial charge is 0.350 e. The molecule has 1 saturated heterocycles. The maximum Gasteiger partial charge on any atom is 0.350 e. The predicted octanol–water partition coefficient (Wildman–Crippen LogP) is 4.30. The molecule has 0 spiro atoms. The fraction of sp³-hybridized carbons (Fsp3) is 0.458. The molecule has 2 N–H and O–H groups in total. The molecule has 0 amide bonds. The number of imidazole rings is 1. The Bertz CT molecular complexity index is 1210. The van der Waals surface area contributed by atoms with E-state index in [-0.39, 0.29) is 16.9 Å². The number of aromatic nitrogens is 4. The van der Waals surface area contributed by atoms with Crippen molar-refractivity contribution in [3.05, 3.63) is 52.3 Å². The van der Waals surface area contributed by atoms with E-state index in [1.165, 1.54) is 32.1 Å². The van der Waals surface area contributed by atoms with Crippen LogP contribution in [0.2, 0.25) is 0 Å². The van der Waals surface area contributed by atoms with Gasteiger partial charge in [0.2, 0.25) is 0 Å². The zero-order chi connectivity index (χ0) is 21.2. The maximum atomic E-state index is 12.3. The van der Waals surface area contributed by atoms with Crippen molar-refractivity contribution in [2.45, 2.75) is 62.8 Å². The first-order chi connectivity index (χ1) is 15.2. The molecule has 7 heteroatoms. The number of thioether (sulfide) groups is 1. The molecule has 2 fully saturated rings. The van der Waals surface area contributed by atoms with E-state index in [1.54, 1.807) is 22.5 Å². The van der Waals surface area contributed by atoms with Gasteiger partial charge in [0.1, 0.15) is 11.6 Å². The molecule has 2 aliphatic rings. The number of nitrogens with two attached hydrogens (primary N) is 1. The van der Waals surface area contributed by atoms with Gasteiger partial charge in [-0.3, -0.25) is 4.57 Å². The summed E-state index contributed by atoms with van der Waals surface area (Å²) in [6, 6.07) is 8.27. The zero-order valence-corrected chi connectivity index (χ0v) is 18.4. The third kappa shape index (κ3) is 4.09. The second kappa shape index (κ2) is 8.80. The van der Waals surface area contributed by atoms with E-state index in [2.05, 4.69) is 39.6 Å². The lowest BCUT2D eigenvalue weighted by Crippen LogP contribution is -2.26. The van der Waals surface area contributed by atoms with Crippen LogP contribution in [-0.2, 0) is 6.54 Å². The van der Waals surface area contributed by atoms with Gasteiger partial charge in [-0.2, -0.15) is 4.98 Å². The number of nitrogen functional groups attached to an aromatic ring is 1. The Morgan fingerprint density at radius 3 is 2.74 bits per heavy atom. The molecule has 1 atom stereocenters. The Morgan fingerprint density at radius 1 is 1.10 bits per heavy atom. The molecule has 2 aromatic heterocycles. The molecule has 6 nitrogen and oxygen atoms in total. The lowest BCUT2D eigenvalue weighted by Gasteiger charge is -2.21. The van der Waals surface area contributed by atoms with Gasteiger partial charge in [0.15, 0.2) is 0 Å². The fourth-order valence-electron chi connectivity index (χ4n) is 4.71. The van der Waals surface area contributed by atoms with Gasteiger partial charge in [0.25, 0.3) is 0 Å². The molecular weight excluding hydrogens is 406 g/mol. The van der Waals surface area contributed by atoms with Gasteiger partial charge in [-0.05, 0) is 43.6 Å². The summed E-state index contributed by atoms with van der Waals surface area (Å²) >= 11 is 1.79. The topological polar surface area (TPSA) is 78.7 Å². The third-order valence-electron chi connectivity index (χ3n) is 6.31. The van der Waals surface area contributed by atoms with Gasteiger partial charge in [-0.15, -0.1) is 11.8 Å². The number of hydrogen-bond acceptors (Lipinski definition) is 5. The number of benzene rings is 1. The maximum absolute atomic E-state index is 12.3. The molecule has 160 valence electrons. The molecule has 1 aliphatic carbocycles. The zero-order valence-electron chi connectivity index (χ0n) is 17.6. The van der Waals surface area contributed by atoms with E-state index in [4.69, 9.17) is 10.7 Å². The number of rotatable bonds is 3. The number of para-hydroxylation sites is 2. The number of anilines is 1. The SMILES string of the molecule is Nc1nc(=O)n([C@H]2CCCS2)cc1C#CCn1c(C2CCCCC2)nc2ccccc21. The van der Waals surface area contributed by atoms with E-state index in [0.717, 1.165) is 35.5 Å². The van der Waals surface area contributed by atoms with Crippen molar-refractivity contribution in [2.75, 3.05) is 11.5 Å². The molecule has 1 saturated carbocycles. The van der Waals surface area contributed by atoms with Crippen LogP contribution in [0.1, 0.15) is 67.6 Å². The Morgan fingerprint density at radius 2 is 1.94 bits per heavy atom. The highest BCUT2D eigenvalue weighted by molar-refractivity contribution is 7.99. The summed E-state index contributed by atoms with van der Waals surface area (Å²) in [5, 5.41) is 0.136. The van der Waals surface area contributed by atoms with Crippen LogP contribution in [0.4, 0.5) is 5.82 Å². The first-order valence-corrected chi connectivity index (χ1v) is 12.2. The Labute approximate surface area is 186 Å². The van der Waals surface area contributed by atoms with E-state index < -0.39 is 0 Å². The first kappa shape index (κ1) is 20.2. The van der Waals surface area contributed by atoms with Gasteiger partial charge in [-0.25, -0.2) is 9.78 Å². The highest BCUT2D eigenvalue weighted by atomic mass is 32.2. The minimum Gasteiger partial charge on any atom is -0.382 e. The fourth-order valence-corrected chi connectivity index (χ4v) is 5.96. The van der Waals surface area contributed by atoms with Crippen molar-refractivity contribution >= 4 is 28.6 Å². The third-order valence-corrected chi connectivity index (χ3v) is 7.68. The van der Waals surface area contributed by atoms with Crippen LogP contribution in [-0.4, -0.2) is 24.9 Å². The second-order valence-corrected chi connectivity index (χ2v) is 9.66. The summed E-state index contributed by atoms with van der Waals surface area (Å²) in [5.74, 6) is 9.39. The first-order valence-electron chi connectivity index (χ1n) is 11.1. The summed E-state index contributed by atoms with van der Waals surface area (Å²) in [5.41, 5.74) is 8.51. The largest absolute Gasteiger partial charge is 0.382 e. The quantitative estimate of drug-likeness (QED) is 0.623. The molecular formula is C24H27N5OS. The molecule has 0 unspecified atom stereocenters. The van der Waals surface area contributed by atoms with Crippen LogP contribution in [0.5, 0.6) is 0 Å². The molecule has 5 rings (SSSR count). The lowest BCUT2D eigenvalue weighted by molar-refractivity contribution is 0.421. The Balaban J connectivity index is 1.47. The summed E-state index contributed by atoms with van der Waals surface area (Å²) < 4.78 is 3.95. The molecule has 3 aromatic rings. The van der Waals surface area contributed by atoms with Gasteiger partial charge in [0.05, 0.1) is 28.5 Å². The predicted molar refractivity (Wildman–Crippen MR) is 126 cm³/mol. The molecule has 0 bridgehead atoms. The molecule has 1 aromatic carbocycles. The monoisotopic (exact) mass is 433 g/mol. The molecule has 3 heterocycles. The average molecular weight is 434 g/mol. The number of nitrogens with zero attached hydrogens (tertiary/aromatic N) is 4. The average Bonchev–Trinajstić information content (AvgIpc) is 3.44. The lowest BCUT2D eigenvalue weighted by atomic mass is 9.88. The summed E-state index contributed by atoms with van der Waals surface area (Å²) in [7, 11) is 0. The highest BCUT2D eigenvalue weighted by Gasteiger charge is 2.22. The van der Waals surface area contributed by atoms with Crippen LogP contribution in [0.15, 0.2) is 35.3 Å². The van der Waals surface area contributed by atoms with Crippen molar-refractivity contribution in [1.82, 2.24) is 19.1 Å². The Hall–Kier alpha value is -2.72. The van der Waals surface area contributed by atoms with E-state index >= 15 is 0 Å². The van der Waals surface area contributed by atoms with Gasteiger partial charge < -0.3 is 10.3 Å². The number of fused-ring (bicyclic) bond motifs is 1. The second-order valence-electron chi connectivity index (χ2n) is 8.38. The van der Waals surface area contributed by atoms with Gasteiger partial charge in [0, 0.05) is 12.1 Å². The van der Waals surface area contributed by atoms with Crippen LogP contribution in [0.25, 0.3) is 11.0 Å². The van der Waals surface area contributed by atoms with Crippen molar-refractivity contribution < 1.29 is 0 Å². The van der Waals surface area contributed by atoms with Gasteiger partial charge >= 0.3 is 5.69 Å².